The largest absolute Gasteiger partial charge is 0.490 e. The molecule has 0 bridgehead atoms. The van der Waals surface area contributed by atoms with Crippen LogP contribution in [0.3, 0.4) is 0 Å². The SMILES string of the molecule is CCOc1cc(C(=O)N(Cc2ccccc2)c2nc3ccc(Cl)cc3s2)cc(OCC)c1OCC. The summed E-state index contributed by atoms with van der Waals surface area (Å²) >= 11 is 7.61. The molecule has 0 atom stereocenters. The summed E-state index contributed by atoms with van der Waals surface area (Å²) in [5.41, 5.74) is 2.20. The lowest BCUT2D eigenvalue weighted by Gasteiger charge is -2.22. The summed E-state index contributed by atoms with van der Waals surface area (Å²) in [6, 6.07) is 18.8. The number of fused-ring (bicyclic) bond motifs is 1. The van der Waals surface area contributed by atoms with Crippen LogP contribution in [-0.2, 0) is 6.54 Å². The van der Waals surface area contributed by atoms with Crippen LogP contribution in [0.15, 0.2) is 60.7 Å². The van der Waals surface area contributed by atoms with Gasteiger partial charge in [0.1, 0.15) is 0 Å². The molecule has 0 saturated carbocycles. The average molecular weight is 511 g/mol. The van der Waals surface area contributed by atoms with E-state index < -0.39 is 0 Å². The van der Waals surface area contributed by atoms with E-state index in [9.17, 15) is 4.79 Å². The molecule has 0 N–H and O–H groups in total. The van der Waals surface area contributed by atoms with Crippen molar-refractivity contribution < 1.29 is 19.0 Å². The number of nitrogens with zero attached hydrogens (tertiary/aromatic N) is 2. The summed E-state index contributed by atoms with van der Waals surface area (Å²) in [5, 5.41) is 1.21. The molecule has 0 unspecified atom stereocenters. The predicted octanol–water partition coefficient (Wildman–Crippen LogP) is 6.99. The van der Waals surface area contributed by atoms with Gasteiger partial charge in [-0.2, -0.15) is 0 Å². The number of carbonyl (C=O) groups excluding carboxylic acids is 1. The molecule has 0 saturated heterocycles. The molecular weight excluding hydrogens is 484 g/mol. The summed E-state index contributed by atoms with van der Waals surface area (Å²) in [6.45, 7) is 7.32. The summed E-state index contributed by atoms with van der Waals surface area (Å²) < 4.78 is 18.4. The molecule has 1 amide bonds. The highest BCUT2D eigenvalue weighted by atomic mass is 35.5. The lowest BCUT2D eigenvalue weighted by molar-refractivity contribution is 0.0984. The van der Waals surface area contributed by atoms with Gasteiger partial charge < -0.3 is 14.2 Å². The van der Waals surface area contributed by atoms with Crippen LogP contribution < -0.4 is 19.1 Å². The van der Waals surface area contributed by atoms with Gasteiger partial charge in [-0.1, -0.05) is 53.3 Å². The van der Waals surface area contributed by atoms with Crippen LogP contribution in [-0.4, -0.2) is 30.7 Å². The molecular formula is C27H27ClN2O4S. The minimum absolute atomic E-state index is 0.219. The van der Waals surface area contributed by atoms with Gasteiger partial charge in [0.15, 0.2) is 16.6 Å². The Morgan fingerprint density at radius 2 is 1.57 bits per heavy atom. The first-order valence-corrected chi connectivity index (χ1v) is 12.7. The summed E-state index contributed by atoms with van der Waals surface area (Å²) in [4.78, 5) is 20.4. The molecule has 4 aromatic rings. The number of benzene rings is 3. The molecule has 3 aromatic carbocycles. The smallest absolute Gasteiger partial charge is 0.260 e. The van der Waals surface area contributed by atoms with Gasteiger partial charge in [0, 0.05) is 10.6 Å². The normalized spacial score (nSPS) is 10.9. The van der Waals surface area contributed by atoms with E-state index in [1.54, 1.807) is 23.1 Å². The van der Waals surface area contributed by atoms with Gasteiger partial charge in [-0.05, 0) is 56.7 Å². The quantitative estimate of drug-likeness (QED) is 0.230. The second kappa shape index (κ2) is 11.4. The number of thiazole rings is 1. The van der Waals surface area contributed by atoms with E-state index in [1.165, 1.54) is 11.3 Å². The van der Waals surface area contributed by atoms with Gasteiger partial charge >= 0.3 is 0 Å². The van der Waals surface area contributed by atoms with Crippen molar-refractivity contribution in [1.82, 2.24) is 4.98 Å². The van der Waals surface area contributed by atoms with Crippen LogP contribution in [0.2, 0.25) is 5.02 Å². The van der Waals surface area contributed by atoms with Crippen molar-refractivity contribution in [1.29, 1.82) is 0 Å². The van der Waals surface area contributed by atoms with Crippen molar-refractivity contribution in [3.8, 4) is 17.2 Å². The lowest BCUT2D eigenvalue weighted by atomic mass is 10.1. The van der Waals surface area contributed by atoms with Crippen molar-refractivity contribution in [3.05, 3.63) is 76.8 Å². The Labute approximate surface area is 214 Å². The topological polar surface area (TPSA) is 60.9 Å². The second-order valence-corrected chi connectivity index (χ2v) is 9.03. The molecule has 0 aliphatic heterocycles. The zero-order valence-electron chi connectivity index (χ0n) is 19.9. The Morgan fingerprint density at radius 1 is 0.914 bits per heavy atom. The Kier molecular flexibility index (Phi) is 8.10. The predicted molar refractivity (Wildman–Crippen MR) is 142 cm³/mol. The Hall–Kier alpha value is -3.29. The third-order valence-corrected chi connectivity index (χ3v) is 6.43. The van der Waals surface area contributed by atoms with Crippen LogP contribution in [0.1, 0.15) is 36.7 Å². The number of aromatic nitrogens is 1. The number of carbonyl (C=O) groups is 1. The van der Waals surface area contributed by atoms with Gasteiger partial charge in [-0.15, -0.1) is 0 Å². The van der Waals surface area contributed by atoms with Gasteiger partial charge in [0.05, 0.1) is 36.6 Å². The van der Waals surface area contributed by atoms with Crippen molar-refractivity contribution in [2.24, 2.45) is 0 Å². The number of anilines is 1. The number of hydrogen-bond donors (Lipinski definition) is 0. The fourth-order valence-corrected chi connectivity index (χ4v) is 4.90. The summed E-state index contributed by atoms with van der Waals surface area (Å²) in [5.74, 6) is 1.22. The van der Waals surface area contributed by atoms with Gasteiger partial charge in [-0.3, -0.25) is 9.69 Å². The van der Waals surface area contributed by atoms with Crippen molar-refractivity contribution >= 4 is 44.2 Å². The molecule has 1 heterocycles. The maximum Gasteiger partial charge on any atom is 0.260 e. The number of rotatable bonds is 10. The van der Waals surface area contributed by atoms with Crippen LogP contribution >= 0.6 is 22.9 Å². The van der Waals surface area contributed by atoms with E-state index in [-0.39, 0.29) is 5.91 Å². The number of halogens is 1. The van der Waals surface area contributed by atoms with E-state index in [4.69, 9.17) is 30.8 Å². The summed E-state index contributed by atoms with van der Waals surface area (Å²) in [6.07, 6.45) is 0. The van der Waals surface area contributed by atoms with E-state index in [0.29, 0.717) is 59.3 Å². The van der Waals surface area contributed by atoms with Gasteiger partial charge in [0.2, 0.25) is 5.75 Å². The van der Waals surface area contributed by atoms with E-state index in [2.05, 4.69) is 0 Å². The number of ether oxygens (including phenoxy) is 3. The Balaban J connectivity index is 1.81. The van der Waals surface area contributed by atoms with E-state index in [1.807, 2.05) is 63.2 Å². The van der Waals surface area contributed by atoms with Crippen molar-refractivity contribution in [2.75, 3.05) is 24.7 Å². The maximum atomic E-state index is 14.0. The third-order valence-electron chi connectivity index (χ3n) is 5.15. The number of amides is 1. The summed E-state index contributed by atoms with van der Waals surface area (Å²) in [7, 11) is 0. The van der Waals surface area contributed by atoms with Crippen LogP contribution in [0.5, 0.6) is 17.2 Å². The Morgan fingerprint density at radius 3 is 2.20 bits per heavy atom. The third kappa shape index (κ3) is 5.69. The fraction of sp³-hybridized carbons (Fsp3) is 0.259. The van der Waals surface area contributed by atoms with Crippen LogP contribution in [0, 0.1) is 0 Å². The standard InChI is InChI=1S/C27H27ClN2O4S/c1-4-32-22-14-19(15-23(33-5-2)25(22)34-6-3)26(31)30(17-18-10-8-7-9-11-18)27-29-21-13-12-20(28)16-24(21)35-27/h7-16H,4-6,17H2,1-3H3. The molecule has 1 aromatic heterocycles. The molecule has 0 radical (unpaired) electrons. The monoisotopic (exact) mass is 510 g/mol. The molecule has 0 aliphatic rings. The first-order valence-electron chi connectivity index (χ1n) is 11.5. The zero-order chi connectivity index (χ0) is 24.8. The molecule has 4 rings (SSSR count). The van der Waals surface area contributed by atoms with Crippen LogP contribution in [0.25, 0.3) is 10.2 Å². The van der Waals surface area contributed by atoms with Crippen molar-refractivity contribution in [3.63, 3.8) is 0 Å². The Bertz CT molecular complexity index is 1280. The zero-order valence-corrected chi connectivity index (χ0v) is 21.5. The average Bonchev–Trinajstić information content (AvgIpc) is 3.27. The molecule has 0 aliphatic carbocycles. The minimum atomic E-state index is -0.219. The maximum absolute atomic E-state index is 14.0. The molecule has 0 spiro atoms. The molecule has 8 heteroatoms. The molecule has 35 heavy (non-hydrogen) atoms. The second-order valence-electron chi connectivity index (χ2n) is 7.59. The lowest BCUT2D eigenvalue weighted by Crippen LogP contribution is -2.30. The number of hydrogen-bond acceptors (Lipinski definition) is 6. The highest BCUT2D eigenvalue weighted by molar-refractivity contribution is 7.22. The fourth-order valence-electron chi connectivity index (χ4n) is 3.66. The molecule has 6 nitrogen and oxygen atoms in total. The molecule has 0 fully saturated rings. The van der Waals surface area contributed by atoms with E-state index >= 15 is 0 Å². The van der Waals surface area contributed by atoms with Crippen molar-refractivity contribution in [2.45, 2.75) is 27.3 Å². The first-order chi connectivity index (χ1) is 17.0. The minimum Gasteiger partial charge on any atom is -0.490 e. The van der Waals surface area contributed by atoms with E-state index in [0.717, 1.165) is 15.8 Å². The molecule has 182 valence electrons. The highest BCUT2D eigenvalue weighted by Crippen LogP contribution is 2.40. The van der Waals surface area contributed by atoms with Crippen LogP contribution in [0.4, 0.5) is 5.13 Å². The van der Waals surface area contributed by atoms with Gasteiger partial charge in [0.25, 0.3) is 5.91 Å². The first kappa shape index (κ1) is 24.8. The highest BCUT2D eigenvalue weighted by Gasteiger charge is 2.25. The van der Waals surface area contributed by atoms with Gasteiger partial charge in [-0.25, -0.2) is 4.98 Å².